The van der Waals surface area contributed by atoms with E-state index >= 15 is 0 Å². The Morgan fingerprint density at radius 3 is 2.57 bits per heavy atom. The second-order valence-electron chi connectivity index (χ2n) is 4.69. The average Bonchev–Trinajstić information content (AvgIpc) is 2.80. The van der Waals surface area contributed by atoms with Crippen LogP contribution in [-0.2, 0) is 6.54 Å². The van der Waals surface area contributed by atoms with Crippen molar-refractivity contribution in [3.63, 3.8) is 0 Å². The van der Waals surface area contributed by atoms with Crippen LogP contribution in [0, 0.1) is 5.82 Å². The van der Waals surface area contributed by atoms with Crippen LogP contribution in [0.5, 0.6) is 5.75 Å². The van der Waals surface area contributed by atoms with Gasteiger partial charge in [0, 0.05) is 7.05 Å². The Morgan fingerprint density at radius 2 is 1.90 bits per heavy atom. The summed E-state index contributed by atoms with van der Waals surface area (Å²) in [5.41, 5.74) is 2.65. The van der Waals surface area contributed by atoms with Crippen molar-refractivity contribution in [2.75, 3.05) is 22.8 Å². The van der Waals surface area contributed by atoms with Crippen LogP contribution in [0.1, 0.15) is 5.56 Å². The number of fused-ring (bicyclic) bond motifs is 1. The van der Waals surface area contributed by atoms with Crippen molar-refractivity contribution >= 4 is 39.4 Å². The minimum Gasteiger partial charge on any atom is -0.497 e. The van der Waals surface area contributed by atoms with Crippen molar-refractivity contribution in [1.82, 2.24) is 0 Å². The molecular formula is C15H14BrFN2OS. The van der Waals surface area contributed by atoms with Gasteiger partial charge >= 0.3 is 0 Å². The van der Waals surface area contributed by atoms with E-state index in [1.165, 1.54) is 12.1 Å². The number of nitrogens with zero attached hydrogens (tertiary/aromatic N) is 2. The minimum absolute atomic E-state index is 0.222. The van der Waals surface area contributed by atoms with Gasteiger partial charge in [-0.3, -0.25) is 8.61 Å². The van der Waals surface area contributed by atoms with Crippen LogP contribution in [0.2, 0.25) is 0 Å². The molecule has 0 atom stereocenters. The van der Waals surface area contributed by atoms with Crippen molar-refractivity contribution in [2.24, 2.45) is 0 Å². The second-order valence-corrected chi connectivity index (χ2v) is 6.70. The Balaban J connectivity index is 1.87. The van der Waals surface area contributed by atoms with Crippen molar-refractivity contribution in [2.45, 2.75) is 6.54 Å². The highest BCUT2D eigenvalue weighted by atomic mass is 79.9. The van der Waals surface area contributed by atoms with Gasteiger partial charge in [-0.15, -0.1) is 0 Å². The lowest BCUT2D eigenvalue weighted by Gasteiger charge is -2.17. The average molecular weight is 369 g/mol. The fourth-order valence-corrected chi connectivity index (χ4v) is 3.59. The molecule has 1 heterocycles. The van der Waals surface area contributed by atoms with Crippen molar-refractivity contribution in [3.05, 3.63) is 52.3 Å². The van der Waals surface area contributed by atoms with E-state index in [-0.39, 0.29) is 5.82 Å². The first-order valence-electron chi connectivity index (χ1n) is 6.40. The van der Waals surface area contributed by atoms with E-state index in [0.29, 0.717) is 16.7 Å². The molecule has 2 aromatic rings. The normalized spacial score (nSPS) is 13.5. The van der Waals surface area contributed by atoms with Crippen LogP contribution in [0.25, 0.3) is 0 Å². The topological polar surface area (TPSA) is 15.7 Å². The number of methoxy groups -OCH3 is 1. The number of rotatable bonds is 3. The predicted octanol–water partition coefficient (Wildman–Crippen LogP) is 4.62. The van der Waals surface area contributed by atoms with Gasteiger partial charge < -0.3 is 4.74 Å². The fourth-order valence-electron chi connectivity index (χ4n) is 2.27. The first-order chi connectivity index (χ1) is 10.1. The van der Waals surface area contributed by atoms with Gasteiger partial charge in [0.05, 0.1) is 35.9 Å². The lowest BCUT2D eigenvalue weighted by molar-refractivity contribution is 0.414. The quantitative estimate of drug-likeness (QED) is 0.734. The van der Waals surface area contributed by atoms with E-state index in [1.807, 2.05) is 41.7 Å². The Hall–Kier alpha value is -1.40. The molecule has 0 unspecified atom stereocenters. The smallest absolute Gasteiger partial charge is 0.163 e. The maximum atomic E-state index is 14.2. The van der Waals surface area contributed by atoms with E-state index in [9.17, 15) is 4.39 Å². The number of anilines is 2. The van der Waals surface area contributed by atoms with Crippen LogP contribution in [-0.4, -0.2) is 14.2 Å². The summed E-state index contributed by atoms with van der Waals surface area (Å²) in [6.07, 6.45) is 0. The van der Waals surface area contributed by atoms with Crippen LogP contribution in [0.3, 0.4) is 0 Å². The van der Waals surface area contributed by atoms with E-state index in [2.05, 4.69) is 20.2 Å². The van der Waals surface area contributed by atoms with Gasteiger partial charge in [-0.25, -0.2) is 4.39 Å². The third-order valence-corrected chi connectivity index (χ3v) is 4.90. The van der Waals surface area contributed by atoms with Crippen molar-refractivity contribution < 1.29 is 9.13 Å². The fraction of sp³-hybridized carbons (Fsp3) is 0.200. The largest absolute Gasteiger partial charge is 0.497 e. The van der Waals surface area contributed by atoms with Crippen molar-refractivity contribution in [3.8, 4) is 5.75 Å². The lowest BCUT2D eigenvalue weighted by atomic mass is 10.2. The minimum atomic E-state index is -0.222. The molecule has 0 radical (unpaired) electrons. The molecule has 0 spiro atoms. The monoisotopic (exact) mass is 368 g/mol. The zero-order valence-corrected chi connectivity index (χ0v) is 14.0. The predicted molar refractivity (Wildman–Crippen MR) is 89.3 cm³/mol. The Labute approximate surface area is 136 Å². The molecule has 0 saturated carbocycles. The molecule has 1 aliphatic heterocycles. The SMILES string of the molecule is COc1ccc(CN2SN(C)c3c2ccc(Br)c3F)cc1. The zero-order chi connectivity index (χ0) is 15.0. The highest BCUT2D eigenvalue weighted by Gasteiger charge is 2.29. The standard InChI is InChI=1S/C15H14BrFN2OS/c1-18-15-13(8-7-12(16)14(15)17)19(21-18)9-10-3-5-11(20-2)6-4-10/h3-8H,9H2,1-2H3. The summed E-state index contributed by atoms with van der Waals surface area (Å²) in [6, 6.07) is 11.6. The van der Waals surface area contributed by atoms with Crippen LogP contribution in [0.15, 0.2) is 40.9 Å². The number of hydrogen-bond acceptors (Lipinski definition) is 4. The van der Waals surface area contributed by atoms with Crippen molar-refractivity contribution in [1.29, 1.82) is 0 Å². The summed E-state index contributed by atoms with van der Waals surface area (Å²) >= 11 is 4.73. The molecule has 0 saturated heterocycles. The first-order valence-corrected chi connectivity index (χ1v) is 7.93. The lowest BCUT2D eigenvalue weighted by Crippen LogP contribution is -2.12. The summed E-state index contributed by atoms with van der Waals surface area (Å²) in [6.45, 7) is 0.701. The zero-order valence-electron chi connectivity index (χ0n) is 11.6. The van der Waals surface area contributed by atoms with Gasteiger partial charge in [-0.2, -0.15) is 0 Å². The maximum absolute atomic E-state index is 14.2. The molecule has 0 aliphatic carbocycles. The molecule has 21 heavy (non-hydrogen) atoms. The highest BCUT2D eigenvalue weighted by Crippen LogP contribution is 2.47. The van der Waals surface area contributed by atoms with Gasteiger partial charge in [0.15, 0.2) is 5.82 Å². The van der Waals surface area contributed by atoms with E-state index in [0.717, 1.165) is 17.0 Å². The molecule has 0 bridgehead atoms. The summed E-state index contributed by atoms with van der Waals surface area (Å²) in [5.74, 6) is 0.611. The number of benzene rings is 2. The summed E-state index contributed by atoms with van der Waals surface area (Å²) in [4.78, 5) is 0. The first kappa shape index (κ1) is 14.5. The molecule has 0 amide bonds. The maximum Gasteiger partial charge on any atom is 0.163 e. The number of hydrogen-bond donors (Lipinski definition) is 0. The summed E-state index contributed by atoms with van der Waals surface area (Å²) in [7, 11) is 3.52. The van der Waals surface area contributed by atoms with Gasteiger partial charge in [0.1, 0.15) is 11.4 Å². The highest BCUT2D eigenvalue weighted by molar-refractivity contribution is 9.10. The molecule has 2 aromatic carbocycles. The van der Waals surface area contributed by atoms with E-state index < -0.39 is 0 Å². The Morgan fingerprint density at radius 1 is 1.19 bits per heavy atom. The number of ether oxygens (including phenoxy) is 1. The second kappa shape index (κ2) is 5.77. The molecule has 0 aromatic heterocycles. The van der Waals surface area contributed by atoms with Gasteiger partial charge in [0.2, 0.25) is 0 Å². The summed E-state index contributed by atoms with van der Waals surface area (Å²) < 4.78 is 23.8. The van der Waals surface area contributed by atoms with E-state index in [4.69, 9.17) is 4.74 Å². The molecule has 0 N–H and O–H groups in total. The van der Waals surface area contributed by atoms with Crippen LogP contribution < -0.4 is 13.3 Å². The molecule has 3 nitrogen and oxygen atoms in total. The molecule has 1 aliphatic rings. The third kappa shape index (κ3) is 2.70. The third-order valence-electron chi connectivity index (χ3n) is 3.34. The van der Waals surface area contributed by atoms with Crippen LogP contribution in [0.4, 0.5) is 15.8 Å². The number of halogens is 2. The molecule has 0 fully saturated rings. The van der Waals surface area contributed by atoms with Crippen LogP contribution >= 0.6 is 28.1 Å². The Kier molecular flexibility index (Phi) is 3.99. The van der Waals surface area contributed by atoms with Gasteiger partial charge in [-0.1, -0.05) is 12.1 Å². The summed E-state index contributed by atoms with van der Waals surface area (Å²) in [5, 5.41) is 0. The molecule has 6 heteroatoms. The van der Waals surface area contributed by atoms with E-state index in [1.54, 1.807) is 13.2 Å². The Bertz CT molecular complexity index is 665. The molecular weight excluding hydrogens is 355 g/mol. The molecule has 110 valence electrons. The van der Waals surface area contributed by atoms with Gasteiger partial charge in [-0.05, 0) is 45.8 Å². The molecule has 3 rings (SSSR count). The van der Waals surface area contributed by atoms with Gasteiger partial charge in [0.25, 0.3) is 0 Å².